The van der Waals surface area contributed by atoms with Crippen LogP contribution in [0.15, 0.2) is 0 Å². The van der Waals surface area contributed by atoms with Crippen LogP contribution in [-0.2, 0) is 0 Å². The van der Waals surface area contributed by atoms with E-state index in [0.717, 1.165) is 0 Å². The number of hydrogen-bond donors (Lipinski definition) is 0. The summed E-state index contributed by atoms with van der Waals surface area (Å²) in [6.45, 7) is 4.47. The van der Waals surface area contributed by atoms with Crippen molar-refractivity contribution in [1.82, 2.24) is 0 Å². The molecule has 0 N–H and O–H groups in total. The number of rotatable bonds is 8. The third kappa shape index (κ3) is 8.39. The normalized spacial score (nSPS) is 11.0. The molecule has 0 radical (unpaired) electrons. The number of unbranched alkanes of at least 4 members (excludes halogenated alkanes) is 4. The van der Waals surface area contributed by atoms with Gasteiger partial charge in [0.15, 0.2) is 0 Å². The molecule has 0 aromatic rings. The Morgan fingerprint density at radius 2 is 1.25 bits per heavy atom. The Bertz CT molecular complexity index is 71.1. The van der Waals surface area contributed by atoms with Crippen molar-refractivity contribution < 1.29 is 0 Å². The number of alkyl halides is 1. The fourth-order valence-electron chi connectivity index (χ4n) is 1.38. The molecule has 0 rings (SSSR count). The predicted molar refractivity (Wildman–Crippen MR) is 57.9 cm³/mol. The van der Waals surface area contributed by atoms with Gasteiger partial charge in [-0.15, -0.1) is 11.6 Å². The van der Waals surface area contributed by atoms with Crippen molar-refractivity contribution in [2.45, 2.75) is 70.6 Å². The minimum absolute atomic E-state index is 0.447. The highest BCUT2D eigenvalue weighted by atomic mass is 35.5. The van der Waals surface area contributed by atoms with Crippen molar-refractivity contribution >= 4 is 11.6 Å². The van der Waals surface area contributed by atoms with E-state index in [1.54, 1.807) is 0 Å². The summed E-state index contributed by atoms with van der Waals surface area (Å²) in [5.74, 6) is 0. The van der Waals surface area contributed by atoms with E-state index in [4.69, 9.17) is 11.6 Å². The molecule has 1 heteroatoms. The molecule has 0 atom stereocenters. The minimum Gasteiger partial charge on any atom is -0.123 e. The molecule has 0 bridgehead atoms. The molecule has 0 nitrogen and oxygen atoms in total. The van der Waals surface area contributed by atoms with Gasteiger partial charge in [-0.05, 0) is 12.8 Å². The van der Waals surface area contributed by atoms with Crippen LogP contribution in [0.5, 0.6) is 0 Å². The zero-order chi connectivity index (χ0) is 9.23. The summed E-state index contributed by atoms with van der Waals surface area (Å²) >= 11 is 6.15. The zero-order valence-corrected chi connectivity index (χ0v) is 9.37. The van der Waals surface area contributed by atoms with Gasteiger partial charge in [0.1, 0.15) is 0 Å². The second-order valence-electron chi connectivity index (χ2n) is 3.59. The van der Waals surface area contributed by atoms with Gasteiger partial charge in [-0.2, -0.15) is 0 Å². The SMILES string of the molecule is CCCCCC(Cl)CCCCC. The Morgan fingerprint density at radius 1 is 0.833 bits per heavy atom. The van der Waals surface area contributed by atoms with Crippen molar-refractivity contribution in [2.75, 3.05) is 0 Å². The maximum Gasteiger partial charge on any atom is 0.0336 e. The predicted octanol–water partition coefficient (Wildman–Crippen LogP) is 4.75. The first-order valence-corrected chi connectivity index (χ1v) is 5.89. The van der Waals surface area contributed by atoms with Gasteiger partial charge in [-0.25, -0.2) is 0 Å². The van der Waals surface area contributed by atoms with Gasteiger partial charge in [0.2, 0.25) is 0 Å². The summed E-state index contributed by atoms with van der Waals surface area (Å²) in [6.07, 6.45) is 10.4. The summed E-state index contributed by atoms with van der Waals surface area (Å²) in [5, 5.41) is 0.447. The van der Waals surface area contributed by atoms with E-state index >= 15 is 0 Å². The van der Waals surface area contributed by atoms with Gasteiger partial charge >= 0.3 is 0 Å². The molecule has 0 aliphatic rings. The van der Waals surface area contributed by atoms with Crippen LogP contribution in [0.2, 0.25) is 0 Å². The van der Waals surface area contributed by atoms with Gasteiger partial charge in [0.25, 0.3) is 0 Å². The zero-order valence-electron chi connectivity index (χ0n) is 8.61. The Hall–Kier alpha value is 0.290. The van der Waals surface area contributed by atoms with Crippen molar-refractivity contribution in [3.63, 3.8) is 0 Å². The standard InChI is InChI=1S/C11H23Cl/c1-3-5-7-9-11(12)10-8-6-4-2/h11H,3-10H2,1-2H3. The van der Waals surface area contributed by atoms with Crippen LogP contribution in [0.25, 0.3) is 0 Å². The second kappa shape index (κ2) is 9.38. The summed E-state index contributed by atoms with van der Waals surface area (Å²) in [5.41, 5.74) is 0. The van der Waals surface area contributed by atoms with E-state index in [1.807, 2.05) is 0 Å². The Balaban J connectivity index is 3.04. The smallest absolute Gasteiger partial charge is 0.0336 e. The van der Waals surface area contributed by atoms with Crippen molar-refractivity contribution in [2.24, 2.45) is 0 Å². The van der Waals surface area contributed by atoms with Crippen LogP contribution in [0.3, 0.4) is 0 Å². The lowest BCUT2D eigenvalue weighted by Crippen LogP contribution is -1.97. The molecular weight excluding hydrogens is 168 g/mol. The molecule has 0 unspecified atom stereocenters. The first-order valence-electron chi connectivity index (χ1n) is 5.45. The lowest BCUT2D eigenvalue weighted by atomic mass is 10.1. The monoisotopic (exact) mass is 190 g/mol. The van der Waals surface area contributed by atoms with Crippen LogP contribution in [0.4, 0.5) is 0 Å². The van der Waals surface area contributed by atoms with Crippen LogP contribution >= 0.6 is 11.6 Å². The van der Waals surface area contributed by atoms with Gasteiger partial charge < -0.3 is 0 Å². The van der Waals surface area contributed by atoms with Crippen LogP contribution in [0, 0.1) is 0 Å². The highest BCUT2D eigenvalue weighted by Crippen LogP contribution is 2.15. The van der Waals surface area contributed by atoms with Gasteiger partial charge in [0.05, 0.1) is 0 Å². The Morgan fingerprint density at radius 3 is 1.58 bits per heavy atom. The Labute approximate surface area is 82.7 Å². The third-order valence-corrected chi connectivity index (χ3v) is 2.68. The van der Waals surface area contributed by atoms with Crippen molar-refractivity contribution in [1.29, 1.82) is 0 Å². The number of hydrogen-bond acceptors (Lipinski definition) is 0. The lowest BCUT2D eigenvalue weighted by Gasteiger charge is -2.07. The third-order valence-electron chi connectivity index (χ3n) is 2.24. The molecule has 0 fully saturated rings. The van der Waals surface area contributed by atoms with E-state index in [0.29, 0.717) is 5.38 Å². The molecule has 0 saturated heterocycles. The fraction of sp³-hybridized carbons (Fsp3) is 1.00. The highest BCUT2D eigenvalue weighted by molar-refractivity contribution is 6.20. The fourth-order valence-corrected chi connectivity index (χ4v) is 1.68. The van der Waals surface area contributed by atoms with Crippen LogP contribution < -0.4 is 0 Å². The molecule has 74 valence electrons. The summed E-state index contributed by atoms with van der Waals surface area (Å²) < 4.78 is 0. The van der Waals surface area contributed by atoms with E-state index in [2.05, 4.69) is 13.8 Å². The molecule has 12 heavy (non-hydrogen) atoms. The Kier molecular flexibility index (Phi) is 9.61. The van der Waals surface area contributed by atoms with Crippen molar-refractivity contribution in [3.8, 4) is 0 Å². The molecule has 0 aromatic carbocycles. The molecule has 0 spiro atoms. The summed E-state index contributed by atoms with van der Waals surface area (Å²) in [7, 11) is 0. The van der Waals surface area contributed by atoms with Gasteiger partial charge in [0, 0.05) is 5.38 Å². The topological polar surface area (TPSA) is 0 Å². The first-order chi connectivity index (χ1) is 5.81. The van der Waals surface area contributed by atoms with Gasteiger partial charge in [-0.3, -0.25) is 0 Å². The highest BCUT2D eigenvalue weighted by Gasteiger charge is 2.02. The van der Waals surface area contributed by atoms with Crippen molar-refractivity contribution in [3.05, 3.63) is 0 Å². The minimum atomic E-state index is 0.447. The van der Waals surface area contributed by atoms with E-state index in [-0.39, 0.29) is 0 Å². The molecule has 0 aliphatic heterocycles. The van der Waals surface area contributed by atoms with E-state index < -0.39 is 0 Å². The molecule has 0 heterocycles. The maximum atomic E-state index is 6.15. The largest absolute Gasteiger partial charge is 0.123 e. The summed E-state index contributed by atoms with van der Waals surface area (Å²) in [4.78, 5) is 0. The van der Waals surface area contributed by atoms with E-state index in [1.165, 1.54) is 51.4 Å². The quantitative estimate of drug-likeness (QED) is 0.383. The first kappa shape index (κ1) is 12.3. The molecule has 0 aromatic heterocycles. The lowest BCUT2D eigenvalue weighted by molar-refractivity contribution is 0.578. The molecule has 0 aliphatic carbocycles. The molecular formula is C11H23Cl. The molecule has 0 saturated carbocycles. The van der Waals surface area contributed by atoms with Crippen LogP contribution in [0.1, 0.15) is 65.2 Å². The maximum absolute atomic E-state index is 6.15. The van der Waals surface area contributed by atoms with Crippen LogP contribution in [-0.4, -0.2) is 5.38 Å². The van der Waals surface area contributed by atoms with Gasteiger partial charge in [-0.1, -0.05) is 52.4 Å². The average molecular weight is 191 g/mol. The molecule has 0 amide bonds. The average Bonchev–Trinajstić information content (AvgIpc) is 2.06. The van der Waals surface area contributed by atoms with E-state index in [9.17, 15) is 0 Å². The summed E-state index contributed by atoms with van der Waals surface area (Å²) in [6, 6.07) is 0. The number of halogens is 1. The second-order valence-corrected chi connectivity index (χ2v) is 4.21.